The molecule has 3 atom stereocenters. The maximum Gasteiger partial charge on any atom is 0.416 e. The number of aliphatic hydroxyl groups excluding tert-OH is 1. The Morgan fingerprint density at radius 3 is 2.66 bits per heavy atom. The summed E-state index contributed by atoms with van der Waals surface area (Å²) in [5, 5.41) is 17.0. The molecule has 38 heavy (non-hydrogen) atoms. The quantitative estimate of drug-likeness (QED) is 0.498. The van der Waals surface area contributed by atoms with E-state index in [4.69, 9.17) is 0 Å². The molecule has 7 nitrogen and oxygen atoms in total. The first-order chi connectivity index (χ1) is 17.9. The van der Waals surface area contributed by atoms with E-state index in [1.807, 2.05) is 32.2 Å². The molecule has 0 bridgehead atoms. The molecule has 1 fully saturated rings. The van der Waals surface area contributed by atoms with E-state index in [2.05, 4.69) is 10.2 Å². The minimum Gasteiger partial charge on any atom is -0.391 e. The number of nitrogens with zero attached hydrogens (tertiary/aromatic N) is 3. The van der Waals surface area contributed by atoms with Crippen LogP contribution in [0.25, 0.3) is 0 Å². The van der Waals surface area contributed by atoms with Crippen molar-refractivity contribution in [3.05, 3.63) is 81.7 Å². The first-order valence-electron chi connectivity index (χ1n) is 12.6. The van der Waals surface area contributed by atoms with E-state index in [0.717, 1.165) is 22.9 Å². The molecule has 5 rings (SSSR count). The number of aliphatic hydroxyl groups is 1. The summed E-state index contributed by atoms with van der Waals surface area (Å²) >= 11 is 0. The highest BCUT2D eigenvalue weighted by molar-refractivity contribution is 6.11. The third kappa shape index (κ3) is 4.69. The standard InChI is InChI=1S/C28H29F3N4O3/c1-15(7-25-16(2)12-32-33-25)18-5-4-6-20(9-18)35-14-23-22(27(35)38)10-19(11-24(23)28(29,30)31)26(37)34-13-21(36)8-17(34)3/h4-6,9-12,15,17,21,36H,7-8,13-14H2,1-3H3,(H,32,33)/t15-,17-,21+/m1/s1. The number of fused-ring (bicyclic) bond motifs is 1. The van der Waals surface area contributed by atoms with Gasteiger partial charge in [0, 0.05) is 35.6 Å². The highest BCUT2D eigenvalue weighted by atomic mass is 19.4. The molecule has 0 spiro atoms. The maximum atomic E-state index is 14.1. The number of aromatic nitrogens is 2. The molecule has 1 aromatic heterocycles. The van der Waals surface area contributed by atoms with Crippen LogP contribution in [0.2, 0.25) is 0 Å². The van der Waals surface area contributed by atoms with Gasteiger partial charge < -0.3 is 14.9 Å². The zero-order valence-electron chi connectivity index (χ0n) is 21.3. The molecule has 2 aromatic carbocycles. The summed E-state index contributed by atoms with van der Waals surface area (Å²) in [7, 11) is 0. The number of anilines is 1. The van der Waals surface area contributed by atoms with E-state index in [9.17, 15) is 27.9 Å². The number of aromatic amines is 1. The number of halogens is 3. The predicted octanol–water partition coefficient (Wildman–Crippen LogP) is 4.84. The van der Waals surface area contributed by atoms with Gasteiger partial charge in [0.25, 0.3) is 11.8 Å². The van der Waals surface area contributed by atoms with Gasteiger partial charge in [0.1, 0.15) is 0 Å². The first kappa shape index (κ1) is 26.0. The number of nitrogens with one attached hydrogen (secondary N) is 1. The van der Waals surface area contributed by atoms with Gasteiger partial charge in [-0.2, -0.15) is 18.3 Å². The number of β-amino-alcohol motifs (C(OH)–C–C–N with tert-alkyl or cyclic N) is 1. The van der Waals surface area contributed by atoms with Gasteiger partial charge in [-0.15, -0.1) is 0 Å². The number of likely N-dealkylation sites (tertiary alicyclic amines) is 1. The highest BCUT2D eigenvalue weighted by Crippen LogP contribution is 2.40. The van der Waals surface area contributed by atoms with Crippen molar-refractivity contribution in [1.29, 1.82) is 0 Å². The van der Waals surface area contributed by atoms with Crippen LogP contribution in [0.15, 0.2) is 42.6 Å². The van der Waals surface area contributed by atoms with Crippen molar-refractivity contribution in [2.24, 2.45) is 0 Å². The zero-order valence-corrected chi connectivity index (χ0v) is 21.3. The lowest BCUT2D eigenvalue weighted by atomic mass is 9.94. The van der Waals surface area contributed by atoms with E-state index >= 15 is 0 Å². The molecule has 3 heterocycles. The van der Waals surface area contributed by atoms with E-state index in [-0.39, 0.29) is 41.7 Å². The Morgan fingerprint density at radius 1 is 1.26 bits per heavy atom. The number of amides is 2. The molecule has 0 aliphatic carbocycles. The molecule has 3 aromatic rings. The van der Waals surface area contributed by atoms with Crippen LogP contribution >= 0.6 is 0 Å². The number of carbonyl (C=O) groups excluding carboxylic acids is 2. The normalized spacial score (nSPS) is 20.2. The number of rotatable bonds is 5. The Bertz CT molecular complexity index is 1400. The van der Waals surface area contributed by atoms with Gasteiger partial charge in [-0.05, 0) is 73.6 Å². The molecule has 0 radical (unpaired) electrons. The van der Waals surface area contributed by atoms with Crippen LogP contribution in [0.3, 0.4) is 0 Å². The zero-order chi connectivity index (χ0) is 27.4. The lowest BCUT2D eigenvalue weighted by Gasteiger charge is -2.22. The van der Waals surface area contributed by atoms with Crippen LogP contribution in [-0.2, 0) is 19.1 Å². The van der Waals surface area contributed by atoms with Crippen LogP contribution in [0.4, 0.5) is 18.9 Å². The van der Waals surface area contributed by atoms with Gasteiger partial charge in [0.15, 0.2) is 0 Å². The summed E-state index contributed by atoms with van der Waals surface area (Å²) in [5.41, 5.74) is 1.94. The third-order valence-electron chi connectivity index (χ3n) is 7.59. The fourth-order valence-corrected chi connectivity index (χ4v) is 5.44. The molecule has 10 heteroatoms. The van der Waals surface area contributed by atoms with Gasteiger partial charge in [-0.1, -0.05) is 19.1 Å². The Hall–Kier alpha value is -3.66. The van der Waals surface area contributed by atoms with E-state index < -0.39 is 29.7 Å². The fourth-order valence-electron chi connectivity index (χ4n) is 5.44. The van der Waals surface area contributed by atoms with Gasteiger partial charge in [-0.25, -0.2) is 0 Å². The summed E-state index contributed by atoms with van der Waals surface area (Å²) in [4.78, 5) is 29.3. The second-order valence-corrected chi connectivity index (χ2v) is 10.4. The second kappa shape index (κ2) is 9.58. The summed E-state index contributed by atoms with van der Waals surface area (Å²) in [5.74, 6) is -1.15. The van der Waals surface area contributed by atoms with Crippen LogP contribution in [0.1, 0.15) is 74.8 Å². The summed E-state index contributed by atoms with van der Waals surface area (Å²) in [6.07, 6.45) is -2.63. The van der Waals surface area contributed by atoms with Gasteiger partial charge in [0.05, 0.1) is 23.9 Å². The molecule has 2 aliphatic heterocycles. The Kier molecular flexibility index (Phi) is 6.54. The number of alkyl halides is 3. The van der Waals surface area contributed by atoms with Crippen molar-refractivity contribution in [1.82, 2.24) is 15.1 Å². The summed E-state index contributed by atoms with van der Waals surface area (Å²) in [6, 6.07) is 9.01. The van der Waals surface area contributed by atoms with Crippen LogP contribution in [-0.4, -0.2) is 50.7 Å². The van der Waals surface area contributed by atoms with E-state index in [1.165, 1.54) is 15.9 Å². The highest BCUT2D eigenvalue weighted by Gasteiger charge is 2.42. The van der Waals surface area contributed by atoms with Crippen LogP contribution in [0.5, 0.6) is 0 Å². The van der Waals surface area contributed by atoms with Crippen molar-refractivity contribution in [2.75, 3.05) is 11.4 Å². The van der Waals surface area contributed by atoms with Crippen LogP contribution in [0, 0.1) is 6.92 Å². The van der Waals surface area contributed by atoms with Crippen molar-refractivity contribution in [2.45, 2.75) is 64.4 Å². The number of H-pyrrole nitrogens is 1. The summed E-state index contributed by atoms with van der Waals surface area (Å²) < 4.78 is 42.4. The molecule has 2 aliphatic rings. The molecule has 0 unspecified atom stereocenters. The number of aryl methyl sites for hydroxylation is 1. The smallest absolute Gasteiger partial charge is 0.391 e. The largest absolute Gasteiger partial charge is 0.416 e. The molecule has 2 amide bonds. The second-order valence-electron chi connectivity index (χ2n) is 10.4. The van der Waals surface area contributed by atoms with Crippen molar-refractivity contribution < 1.29 is 27.9 Å². The van der Waals surface area contributed by atoms with Crippen molar-refractivity contribution in [3.8, 4) is 0 Å². The summed E-state index contributed by atoms with van der Waals surface area (Å²) in [6.45, 7) is 5.53. The number of benzene rings is 2. The minimum atomic E-state index is -4.75. The van der Waals surface area contributed by atoms with Crippen LogP contribution < -0.4 is 4.90 Å². The van der Waals surface area contributed by atoms with Gasteiger partial charge >= 0.3 is 6.18 Å². The van der Waals surface area contributed by atoms with Crippen molar-refractivity contribution in [3.63, 3.8) is 0 Å². The molecular weight excluding hydrogens is 497 g/mol. The maximum absolute atomic E-state index is 14.1. The topological polar surface area (TPSA) is 89.5 Å². The van der Waals surface area contributed by atoms with E-state index in [0.29, 0.717) is 18.5 Å². The van der Waals surface area contributed by atoms with Gasteiger partial charge in [-0.3, -0.25) is 14.7 Å². The molecule has 200 valence electrons. The predicted molar refractivity (Wildman–Crippen MR) is 135 cm³/mol. The average molecular weight is 527 g/mol. The lowest BCUT2D eigenvalue weighted by Crippen LogP contribution is -2.34. The van der Waals surface area contributed by atoms with Crippen molar-refractivity contribution >= 4 is 17.5 Å². The number of hydrogen-bond acceptors (Lipinski definition) is 4. The number of carbonyl (C=O) groups is 2. The van der Waals surface area contributed by atoms with Gasteiger partial charge in [0.2, 0.25) is 0 Å². The van der Waals surface area contributed by atoms with E-state index in [1.54, 1.807) is 19.1 Å². The first-order valence-corrected chi connectivity index (χ1v) is 12.6. The minimum absolute atomic E-state index is 0.0429. The Balaban J connectivity index is 1.47. The molecule has 1 saturated heterocycles. The average Bonchev–Trinajstić information content (AvgIpc) is 3.53. The fraction of sp³-hybridized carbons (Fsp3) is 0.393. The Morgan fingerprint density at radius 2 is 2.03 bits per heavy atom. The monoisotopic (exact) mass is 526 g/mol. The lowest BCUT2D eigenvalue weighted by molar-refractivity contribution is -0.138. The number of hydrogen-bond donors (Lipinski definition) is 2. The third-order valence-corrected chi connectivity index (χ3v) is 7.59. The molecule has 0 saturated carbocycles. The Labute approximate surface area is 218 Å². The molecule has 2 N–H and O–H groups in total. The molecular formula is C28H29F3N4O3. The SMILES string of the molecule is Cc1c[nH]nc1C[C@@H](C)c1cccc(N2Cc3c(cc(C(=O)N4C[C@@H](O)C[C@H]4C)cc3C(F)(F)F)C2=O)c1.